The van der Waals surface area contributed by atoms with Crippen LogP contribution in [0.1, 0.15) is 42.0 Å². The Hall–Kier alpha value is -1.33. The number of rotatable bonds is 5. The van der Waals surface area contributed by atoms with E-state index < -0.39 is 5.97 Å². The maximum absolute atomic E-state index is 10.7. The molecule has 0 spiro atoms. The zero-order valence-corrected chi connectivity index (χ0v) is 10.3. The monoisotopic (exact) mass is 253 g/mol. The zero-order chi connectivity index (χ0) is 13.0. The first-order valence-corrected chi connectivity index (χ1v) is 6.37. The number of carbonyl (C=O) groups is 1. The summed E-state index contributed by atoms with van der Waals surface area (Å²) < 4.78 is 5.27. The van der Waals surface area contributed by atoms with E-state index in [9.17, 15) is 4.79 Å². The molecule has 0 saturated carbocycles. The summed E-state index contributed by atoms with van der Waals surface area (Å²) >= 11 is 0. The number of aliphatic hydroxyl groups excluding tert-OH is 1. The van der Waals surface area contributed by atoms with Gasteiger partial charge in [-0.05, 0) is 37.9 Å². The van der Waals surface area contributed by atoms with Crippen LogP contribution in [0, 0.1) is 0 Å². The van der Waals surface area contributed by atoms with Crippen LogP contribution in [0.15, 0.2) is 16.5 Å². The highest BCUT2D eigenvalue weighted by Crippen LogP contribution is 2.22. The van der Waals surface area contributed by atoms with Gasteiger partial charge in [0.1, 0.15) is 5.76 Å². The van der Waals surface area contributed by atoms with E-state index in [1.807, 2.05) is 0 Å². The van der Waals surface area contributed by atoms with E-state index in [4.69, 9.17) is 14.6 Å². The van der Waals surface area contributed by atoms with Gasteiger partial charge in [-0.25, -0.2) is 4.79 Å². The lowest BCUT2D eigenvalue weighted by Gasteiger charge is -2.34. The fourth-order valence-electron chi connectivity index (χ4n) is 2.52. The van der Waals surface area contributed by atoms with Gasteiger partial charge in [0.15, 0.2) is 0 Å². The van der Waals surface area contributed by atoms with Crippen LogP contribution in [0.5, 0.6) is 0 Å². The highest BCUT2D eigenvalue weighted by atomic mass is 16.4. The molecular formula is C13H19NO4. The van der Waals surface area contributed by atoms with Crippen molar-refractivity contribution in [1.82, 2.24) is 4.90 Å². The van der Waals surface area contributed by atoms with Crippen LogP contribution in [-0.2, 0) is 6.54 Å². The van der Waals surface area contributed by atoms with Gasteiger partial charge in [-0.1, -0.05) is 6.42 Å². The van der Waals surface area contributed by atoms with Gasteiger partial charge < -0.3 is 14.6 Å². The average molecular weight is 253 g/mol. The second-order valence-corrected chi connectivity index (χ2v) is 4.70. The summed E-state index contributed by atoms with van der Waals surface area (Å²) in [6.07, 6.45) is 4.20. The van der Waals surface area contributed by atoms with Gasteiger partial charge >= 0.3 is 5.97 Å². The lowest BCUT2D eigenvalue weighted by Crippen LogP contribution is -2.39. The molecule has 1 aromatic heterocycles. The fraction of sp³-hybridized carbons (Fsp3) is 0.615. The molecule has 0 amide bonds. The van der Waals surface area contributed by atoms with Crippen LogP contribution in [0.3, 0.4) is 0 Å². The molecule has 2 N–H and O–H groups in total. The Morgan fingerprint density at radius 1 is 1.44 bits per heavy atom. The number of aromatic carboxylic acids is 1. The Bertz CT molecular complexity index is 399. The maximum atomic E-state index is 10.7. The number of aliphatic hydroxyl groups is 1. The Balaban J connectivity index is 1.99. The van der Waals surface area contributed by atoms with E-state index in [1.54, 1.807) is 6.07 Å². The molecule has 0 radical (unpaired) electrons. The highest BCUT2D eigenvalue weighted by molar-refractivity contribution is 5.84. The van der Waals surface area contributed by atoms with E-state index in [0.29, 0.717) is 18.3 Å². The third kappa shape index (κ3) is 3.11. The normalized spacial score (nSPS) is 21.1. The molecule has 1 aromatic rings. The maximum Gasteiger partial charge on any atom is 0.371 e. The minimum atomic E-state index is -1.04. The van der Waals surface area contributed by atoms with Crippen LogP contribution in [0.25, 0.3) is 0 Å². The molecule has 0 unspecified atom stereocenters. The first-order valence-electron chi connectivity index (χ1n) is 6.37. The molecule has 1 aliphatic heterocycles. The number of furan rings is 1. The summed E-state index contributed by atoms with van der Waals surface area (Å²) in [7, 11) is 0. The van der Waals surface area contributed by atoms with E-state index in [-0.39, 0.29) is 12.4 Å². The van der Waals surface area contributed by atoms with Crippen molar-refractivity contribution in [2.45, 2.75) is 38.3 Å². The van der Waals surface area contributed by atoms with Crippen molar-refractivity contribution in [3.05, 3.63) is 23.7 Å². The molecule has 100 valence electrons. The third-order valence-electron chi connectivity index (χ3n) is 3.44. The van der Waals surface area contributed by atoms with Crippen LogP contribution in [-0.4, -0.2) is 40.3 Å². The van der Waals surface area contributed by atoms with Crippen LogP contribution < -0.4 is 0 Å². The lowest BCUT2D eigenvalue weighted by atomic mass is 9.99. The standard InChI is InChI=1S/C13H19NO4/c15-8-6-10-3-1-2-7-14(10)9-11-4-5-12(18-11)13(16)17/h4-5,10,15H,1-3,6-9H2,(H,16,17)/t10-/m1/s1. The molecule has 5 nitrogen and oxygen atoms in total. The van der Waals surface area contributed by atoms with Crippen molar-refractivity contribution in [3.63, 3.8) is 0 Å². The molecule has 0 aromatic carbocycles. The van der Waals surface area contributed by atoms with E-state index in [1.165, 1.54) is 12.5 Å². The Kier molecular flexibility index (Phi) is 4.38. The van der Waals surface area contributed by atoms with Crippen molar-refractivity contribution >= 4 is 5.97 Å². The van der Waals surface area contributed by atoms with Gasteiger partial charge in [0.2, 0.25) is 5.76 Å². The number of piperidine rings is 1. The molecule has 2 heterocycles. The van der Waals surface area contributed by atoms with Crippen LogP contribution in [0.4, 0.5) is 0 Å². The lowest BCUT2D eigenvalue weighted by molar-refractivity contribution is 0.0653. The number of carboxylic acid groups (broad SMARTS) is 1. The number of likely N-dealkylation sites (tertiary alicyclic amines) is 1. The first kappa shape index (κ1) is 13.1. The van der Waals surface area contributed by atoms with Crippen molar-refractivity contribution in [3.8, 4) is 0 Å². The molecule has 0 aliphatic carbocycles. The van der Waals surface area contributed by atoms with Gasteiger partial charge in [0, 0.05) is 12.6 Å². The Morgan fingerprint density at radius 2 is 2.28 bits per heavy atom. The molecule has 18 heavy (non-hydrogen) atoms. The fourth-order valence-corrected chi connectivity index (χ4v) is 2.52. The molecular weight excluding hydrogens is 234 g/mol. The summed E-state index contributed by atoms with van der Waals surface area (Å²) in [5.74, 6) is -0.371. The summed E-state index contributed by atoms with van der Waals surface area (Å²) in [5.41, 5.74) is 0. The molecule has 0 bridgehead atoms. The average Bonchev–Trinajstić information content (AvgIpc) is 2.81. The van der Waals surface area contributed by atoms with Gasteiger partial charge in [-0.2, -0.15) is 0 Å². The molecule has 1 fully saturated rings. The summed E-state index contributed by atoms with van der Waals surface area (Å²) in [6.45, 7) is 1.80. The smallest absolute Gasteiger partial charge is 0.371 e. The number of nitrogens with zero attached hydrogens (tertiary/aromatic N) is 1. The van der Waals surface area contributed by atoms with Gasteiger partial charge in [0.05, 0.1) is 6.54 Å². The predicted octanol–water partition coefficient (Wildman–Crippen LogP) is 1.71. The zero-order valence-electron chi connectivity index (χ0n) is 10.3. The number of hydrogen-bond acceptors (Lipinski definition) is 4. The SMILES string of the molecule is O=C(O)c1ccc(CN2CCCC[C@@H]2CCO)o1. The molecule has 2 rings (SSSR count). The van der Waals surface area contributed by atoms with E-state index in [2.05, 4.69) is 4.90 Å². The molecule has 1 aliphatic rings. The number of carboxylic acids is 1. The number of hydrogen-bond donors (Lipinski definition) is 2. The van der Waals surface area contributed by atoms with Crippen molar-refractivity contribution in [2.75, 3.05) is 13.2 Å². The predicted molar refractivity (Wildman–Crippen MR) is 65.4 cm³/mol. The summed E-state index contributed by atoms with van der Waals surface area (Å²) in [5, 5.41) is 17.9. The van der Waals surface area contributed by atoms with Crippen LogP contribution >= 0.6 is 0 Å². The Labute approximate surface area is 106 Å². The van der Waals surface area contributed by atoms with Gasteiger partial charge in [0.25, 0.3) is 0 Å². The molecule has 1 saturated heterocycles. The molecule has 1 atom stereocenters. The second kappa shape index (κ2) is 6.02. The largest absolute Gasteiger partial charge is 0.475 e. The van der Waals surface area contributed by atoms with Gasteiger partial charge in [-0.15, -0.1) is 0 Å². The quantitative estimate of drug-likeness (QED) is 0.835. The third-order valence-corrected chi connectivity index (χ3v) is 3.44. The minimum absolute atomic E-state index is 0.0132. The highest BCUT2D eigenvalue weighted by Gasteiger charge is 2.23. The van der Waals surface area contributed by atoms with Crippen molar-refractivity contribution in [2.24, 2.45) is 0 Å². The summed E-state index contributed by atoms with van der Waals surface area (Å²) in [6, 6.07) is 3.58. The topological polar surface area (TPSA) is 73.9 Å². The van der Waals surface area contributed by atoms with Crippen molar-refractivity contribution in [1.29, 1.82) is 0 Å². The Morgan fingerprint density at radius 3 is 2.94 bits per heavy atom. The molecule has 5 heteroatoms. The van der Waals surface area contributed by atoms with E-state index in [0.717, 1.165) is 25.8 Å². The van der Waals surface area contributed by atoms with E-state index >= 15 is 0 Å². The first-order chi connectivity index (χ1) is 8.70. The van der Waals surface area contributed by atoms with Crippen LogP contribution in [0.2, 0.25) is 0 Å². The van der Waals surface area contributed by atoms with Gasteiger partial charge in [-0.3, -0.25) is 4.90 Å². The summed E-state index contributed by atoms with van der Waals surface area (Å²) in [4.78, 5) is 13.0. The minimum Gasteiger partial charge on any atom is -0.475 e. The van der Waals surface area contributed by atoms with Crippen molar-refractivity contribution < 1.29 is 19.4 Å². The second-order valence-electron chi connectivity index (χ2n) is 4.70.